The molecule has 1 saturated carbocycles. The van der Waals surface area contributed by atoms with E-state index in [9.17, 15) is 4.79 Å². The molecule has 0 aromatic carbocycles. The zero-order valence-electron chi connectivity index (χ0n) is 11.2. The number of ether oxygens (including phenoxy) is 1. The van der Waals surface area contributed by atoms with Crippen molar-refractivity contribution in [2.24, 2.45) is 17.8 Å². The highest BCUT2D eigenvalue weighted by atomic mass is 16.5. The minimum atomic E-state index is 0.147. The van der Waals surface area contributed by atoms with Crippen molar-refractivity contribution in [1.82, 2.24) is 10.6 Å². The van der Waals surface area contributed by atoms with Crippen LogP contribution in [-0.4, -0.2) is 37.7 Å². The van der Waals surface area contributed by atoms with Gasteiger partial charge in [-0.1, -0.05) is 6.92 Å². The van der Waals surface area contributed by atoms with Gasteiger partial charge in [0.15, 0.2) is 0 Å². The van der Waals surface area contributed by atoms with Gasteiger partial charge in [0.2, 0.25) is 5.91 Å². The van der Waals surface area contributed by atoms with Crippen LogP contribution >= 0.6 is 0 Å². The Morgan fingerprint density at radius 3 is 2.89 bits per heavy atom. The number of amides is 1. The summed E-state index contributed by atoms with van der Waals surface area (Å²) in [6.07, 6.45) is 5.02. The summed E-state index contributed by atoms with van der Waals surface area (Å²) in [4.78, 5) is 12.3. The van der Waals surface area contributed by atoms with Crippen molar-refractivity contribution in [2.45, 2.75) is 44.8 Å². The lowest BCUT2D eigenvalue weighted by Gasteiger charge is -2.36. The van der Waals surface area contributed by atoms with Crippen molar-refractivity contribution in [3.8, 4) is 0 Å². The molecule has 3 rings (SSSR count). The molecule has 2 heterocycles. The first-order valence-corrected chi connectivity index (χ1v) is 7.38. The Morgan fingerprint density at radius 2 is 2.17 bits per heavy atom. The summed E-state index contributed by atoms with van der Waals surface area (Å²) >= 11 is 0. The Bertz CT molecular complexity index is 317. The Hall–Kier alpha value is -0.610. The van der Waals surface area contributed by atoms with Crippen LogP contribution in [0.3, 0.4) is 0 Å². The maximum atomic E-state index is 12.3. The molecule has 0 aromatic rings. The predicted molar refractivity (Wildman–Crippen MR) is 69.2 cm³/mol. The molecule has 4 atom stereocenters. The van der Waals surface area contributed by atoms with E-state index < -0.39 is 0 Å². The molecule has 4 unspecified atom stereocenters. The van der Waals surface area contributed by atoms with Gasteiger partial charge < -0.3 is 15.4 Å². The molecule has 3 fully saturated rings. The lowest BCUT2D eigenvalue weighted by atomic mass is 9.81. The molecule has 0 radical (unpaired) electrons. The molecule has 2 N–H and O–H groups in total. The number of hydrogen-bond acceptors (Lipinski definition) is 3. The van der Waals surface area contributed by atoms with Gasteiger partial charge >= 0.3 is 0 Å². The van der Waals surface area contributed by atoms with Crippen LogP contribution in [0.4, 0.5) is 0 Å². The third-order valence-electron chi connectivity index (χ3n) is 5.04. The Morgan fingerprint density at radius 1 is 1.33 bits per heavy atom. The fourth-order valence-electron chi connectivity index (χ4n) is 3.55. The normalized spacial score (nSPS) is 37.7. The van der Waals surface area contributed by atoms with Crippen molar-refractivity contribution in [3.63, 3.8) is 0 Å². The third-order valence-corrected chi connectivity index (χ3v) is 5.04. The first kappa shape index (κ1) is 12.4. The summed E-state index contributed by atoms with van der Waals surface area (Å²) < 4.78 is 5.75. The number of nitrogens with one attached hydrogen (secondary N) is 2. The number of fused-ring (bicyclic) bond motifs is 1. The molecular formula is C14H24N2O2. The summed E-state index contributed by atoms with van der Waals surface area (Å²) in [7, 11) is 0. The number of rotatable bonds is 3. The second-order valence-electron chi connectivity index (χ2n) is 6.11. The molecule has 18 heavy (non-hydrogen) atoms. The van der Waals surface area contributed by atoms with E-state index in [1.54, 1.807) is 0 Å². The van der Waals surface area contributed by atoms with Gasteiger partial charge in [-0.15, -0.1) is 0 Å². The predicted octanol–water partition coefficient (Wildman–Crippen LogP) is 0.916. The molecule has 0 spiro atoms. The highest BCUT2D eigenvalue weighted by Crippen LogP contribution is 2.34. The molecule has 4 nitrogen and oxygen atoms in total. The molecule has 0 aromatic heterocycles. The first-order valence-electron chi connectivity index (χ1n) is 7.38. The molecular weight excluding hydrogens is 228 g/mol. The van der Waals surface area contributed by atoms with Gasteiger partial charge in [0, 0.05) is 24.5 Å². The summed E-state index contributed by atoms with van der Waals surface area (Å²) in [5.41, 5.74) is 0. The largest absolute Gasteiger partial charge is 0.378 e. The van der Waals surface area contributed by atoms with Crippen LogP contribution in [-0.2, 0) is 9.53 Å². The monoisotopic (exact) mass is 252 g/mol. The standard InChI is InChI=1S/C14H24N2O2/c1-9(10-7-15-8-10)14(17)16-12-3-2-4-13-11(12)5-6-18-13/h9-13,15H,2-8H2,1H3,(H,16,17). The maximum absolute atomic E-state index is 12.3. The first-order chi connectivity index (χ1) is 8.75. The molecule has 102 valence electrons. The van der Waals surface area contributed by atoms with Crippen LogP contribution in [0.25, 0.3) is 0 Å². The minimum absolute atomic E-state index is 0.147. The van der Waals surface area contributed by atoms with E-state index in [4.69, 9.17) is 4.74 Å². The fourth-order valence-corrected chi connectivity index (χ4v) is 3.55. The van der Waals surface area contributed by atoms with E-state index in [1.165, 1.54) is 12.8 Å². The van der Waals surface area contributed by atoms with Gasteiger partial charge in [-0.05, 0) is 44.7 Å². The van der Waals surface area contributed by atoms with Gasteiger partial charge in [-0.3, -0.25) is 4.79 Å². The van der Waals surface area contributed by atoms with Crippen molar-refractivity contribution in [2.75, 3.05) is 19.7 Å². The van der Waals surface area contributed by atoms with E-state index >= 15 is 0 Å². The Balaban J connectivity index is 1.56. The number of hydrogen-bond donors (Lipinski definition) is 2. The van der Waals surface area contributed by atoms with E-state index in [-0.39, 0.29) is 11.8 Å². The van der Waals surface area contributed by atoms with Crippen LogP contribution in [0, 0.1) is 17.8 Å². The lowest BCUT2D eigenvalue weighted by molar-refractivity contribution is -0.128. The van der Waals surface area contributed by atoms with Gasteiger partial charge in [0.25, 0.3) is 0 Å². The highest BCUT2D eigenvalue weighted by molar-refractivity contribution is 5.79. The molecule has 2 saturated heterocycles. The zero-order chi connectivity index (χ0) is 12.5. The van der Waals surface area contributed by atoms with Gasteiger partial charge in [0.05, 0.1) is 6.10 Å². The van der Waals surface area contributed by atoms with Gasteiger partial charge in [0.1, 0.15) is 0 Å². The van der Waals surface area contributed by atoms with Gasteiger partial charge in [-0.25, -0.2) is 0 Å². The highest BCUT2D eigenvalue weighted by Gasteiger charge is 2.39. The van der Waals surface area contributed by atoms with Crippen molar-refractivity contribution in [3.05, 3.63) is 0 Å². The van der Waals surface area contributed by atoms with E-state index in [0.717, 1.165) is 32.5 Å². The molecule has 1 aliphatic carbocycles. The lowest BCUT2D eigenvalue weighted by Crippen LogP contribution is -2.53. The maximum Gasteiger partial charge on any atom is 0.223 e. The number of carbonyl (C=O) groups excluding carboxylic acids is 1. The topological polar surface area (TPSA) is 50.4 Å². The van der Waals surface area contributed by atoms with Crippen LogP contribution in [0.15, 0.2) is 0 Å². The summed E-state index contributed by atoms with van der Waals surface area (Å²) in [5.74, 6) is 1.49. The average molecular weight is 252 g/mol. The SMILES string of the molecule is CC(C(=O)NC1CCCC2OCCC12)C1CNC1. The molecule has 3 aliphatic rings. The quantitative estimate of drug-likeness (QED) is 0.785. The second kappa shape index (κ2) is 5.17. The third kappa shape index (κ3) is 2.28. The van der Waals surface area contributed by atoms with Crippen molar-refractivity contribution < 1.29 is 9.53 Å². The van der Waals surface area contributed by atoms with Crippen molar-refractivity contribution in [1.29, 1.82) is 0 Å². The second-order valence-corrected chi connectivity index (χ2v) is 6.11. The fraction of sp³-hybridized carbons (Fsp3) is 0.929. The molecule has 4 heteroatoms. The van der Waals surface area contributed by atoms with E-state index in [0.29, 0.717) is 24.0 Å². The van der Waals surface area contributed by atoms with Crippen LogP contribution < -0.4 is 10.6 Å². The summed E-state index contributed by atoms with van der Waals surface area (Å²) in [6, 6.07) is 0.356. The average Bonchev–Trinajstić information content (AvgIpc) is 2.75. The minimum Gasteiger partial charge on any atom is -0.378 e. The Labute approximate surface area is 109 Å². The van der Waals surface area contributed by atoms with Crippen LogP contribution in [0.5, 0.6) is 0 Å². The molecule has 0 bridgehead atoms. The molecule has 2 aliphatic heterocycles. The van der Waals surface area contributed by atoms with E-state index in [2.05, 4.69) is 17.6 Å². The van der Waals surface area contributed by atoms with Crippen molar-refractivity contribution >= 4 is 5.91 Å². The molecule has 1 amide bonds. The van der Waals surface area contributed by atoms with E-state index in [1.807, 2.05) is 0 Å². The summed E-state index contributed by atoms with van der Waals surface area (Å²) in [5, 5.41) is 6.53. The van der Waals surface area contributed by atoms with Crippen LogP contribution in [0.2, 0.25) is 0 Å². The number of carbonyl (C=O) groups is 1. The summed E-state index contributed by atoms with van der Waals surface area (Å²) in [6.45, 7) is 4.93. The van der Waals surface area contributed by atoms with Crippen LogP contribution in [0.1, 0.15) is 32.6 Å². The Kier molecular flexibility index (Phi) is 3.57. The smallest absolute Gasteiger partial charge is 0.223 e. The van der Waals surface area contributed by atoms with Gasteiger partial charge in [-0.2, -0.15) is 0 Å². The zero-order valence-corrected chi connectivity index (χ0v) is 11.2.